The second kappa shape index (κ2) is 9.77. The fraction of sp³-hybridized carbons (Fsp3) is 0.545. The van der Waals surface area contributed by atoms with E-state index in [0.717, 1.165) is 54.8 Å². The number of thiophene rings is 1. The van der Waals surface area contributed by atoms with Crippen LogP contribution in [-0.2, 0) is 34.3 Å². The molecule has 0 radical (unpaired) electrons. The second-order valence-electron chi connectivity index (χ2n) is 8.33. The van der Waals surface area contributed by atoms with Crippen molar-refractivity contribution in [3.05, 3.63) is 46.1 Å². The number of pyridine rings is 1. The molecule has 2 aromatic rings. The average Bonchev–Trinajstić information content (AvgIpc) is 3.18. The van der Waals surface area contributed by atoms with Gasteiger partial charge in [-0.1, -0.05) is 19.3 Å². The zero-order chi connectivity index (χ0) is 21.8. The number of fused-ring (bicyclic) bond motifs is 1. The van der Waals surface area contributed by atoms with Crippen molar-refractivity contribution in [2.45, 2.75) is 55.8 Å². The SMILES string of the molecule is COC(=O)c1c(S(=O)(=O)NCC2CCCCC2)sc2c1CCN(Cc1ccncc1)C2. The van der Waals surface area contributed by atoms with E-state index in [-0.39, 0.29) is 9.77 Å². The Morgan fingerprint density at radius 2 is 2.00 bits per heavy atom. The highest BCUT2D eigenvalue weighted by atomic mass is 32.2. The highest BCUT2D eigenvalue weighted by Gasteiger charge is 2.34. The summed E-state index contributed by atoms with van der Waals surface area (Å²) in [5, 5.41) is 0. The lowest BCUT2D eigenvalue weighted by molar-refractivity contribution is 0.0595. The lowest BCUT2D eigenvalue weighted by Gasteiger charge is -2.27. The number of nitrogens with zero attached hydrogens (tertiary/aromatic N) is 2. The first-order chi connectivity index (χ1) is 15.0. The molecule has 0 bridgehead atoms. The van der Waals surface area contributed by atoms with E-state index in [2.05, 4.69) is 14.6 Å². The number of rotatable bonds is 7. The van der Waals surface area contributed by atoms with E-state index in [1.165, 1.54) is 24.9 Å². The standard InChI is InChI=1S/C22H29N3O4S2/c1-29-21(26)20-18-9-12-25(14-17-7-10-23-11-8-17)15-19(18)30-22(20)31(27,28)24-13-16-5-3-2-4-6-16/h7-8,10-11,16,24H,2-6,9,12-15H2,1H3. The van der Waals surface area contributed by atoms with Crippen LogP contribution in [0, 0.1) is 5.92 Å². The van der Waals surface area contributed by atoms with Gasteiger partial charge in [0.15, 0.2) is 0 Å². The van der Waals surface area contributed by atoms with Crippen molar-refractivity contribution < 1.29 is 17.9 Å². The van der Waals surface area contributed by atoms with Crippen molar-refractivity contribution in [2.24, 2.45) is 5.92 Å². The quantitative estimate of drug-likeness (QED) is 0.634. The Hall–Kier alpha value is -1.81. The first kappa shape index (κ1) is 22.4. The number of carbonyl (C=O) groups excluding carboxylic acids is 1. The number of aromatic nitrogens is 1. The lowest BCUT2D eigenvalue weighted by atomic mass is 9.90. The summed E-state index contributed by atoms with van der Waals surface area (Å²) in [5.41, 5.74) is 2.20. The molecule has 2 aliphatic rings. The van der Waals surface area contributed by atoms with Gasteiger partial charge in [0.1, 0.15) is 4.21 Å². The zero-order valence-corrected chi connectivity index (χ0v) is 19.4. The van der Waals surface area contributed by atoms with Gasteiger partial charge in [-0.3, -0.25) is 9.88 Å². The summed E-state index contributed by atoms with van der Waals surface area (Å²) >= 11 is 1.21. The fourth-order valence-electron chi connectivity index (χ4n) is 4.49. The summed E-state index contributed by atoms with van der Waals surface area (Å²) in [4.78, 5) is 19.8. The number of nitrogens with one attached hydrogen (secondary N) is 1. The topological polar surface area (TPSA) is 88.6 Å². The summed E-state index contributed by atoms with van der Waals surface area (Å²) in [6, 6.07) is 3.96. The molecule has 31 heavy (non-hydrogen) atoms. The minimum atomic E-state index is -3.77. The summed E-state index contributed by atoms with van der Waals surface area (Å²) in [6.45, 7) is 2.56. The van der Waals surface area contributed by atoms with Gasteiger partial charge < -0.3 is 4.74 Å². The summed E-state index contributed by atoms with van der Waals surface area (Å²) in [5.74, 6) is -0.200. The molecule has 0 spiro atoms. The van der Waals surface area contributed by atoms with E-state index < -0.39 is 16.0 Å². The molecule has 168 valence electrons. The fourth-order valence-corrected chi connectivity index (χ4v) is 7.58. The van der Waals surface area contributed by atoms with Crippen LogP contribution in [-0.4, -0.2) is 44.5 Å². The molecule has 4 rings (SSSR count). The Bertz CT molecular complexity index is 1010. The third-order valence-corrected chi connectivity index (χ3v) is 9.34. The van der Waals surface area contributed by atoms with Crippen molar-refractivity contribution in [3.8, 4) is 0 Å². The monoisotopic (exact) mass is 463 g/mol. The molecule has 0 saturated heterocycles. The molecule has 9 heteroatoms. The summed E-state index contributed by atoms with van der Waals surface area (Å²) < 4.78 is 34.2. The normalized spacial score (nSPS) is 18.0. The number of hydrogen-bond donors (Lipinski definition) is 1. The molecule has 0 atom stereocenters. The number of hydrogen-bond acceptors (Lipinski definition) is 7. The predicted octanol–water partition coefficient (Wildman–Crippen LogP) is 3.35. The number of methoxy groups -OCH3 is 1. The van der Waals surface area contributed by atoms with E-state index in [9.17, 15) is 13.2 Å². The van der Waals surface area contributed by atoms with Crippen LogP contribution in [0.15, 0.2) is 28.7 Å². The van der Waals surface area contributed by atoms with Crippen LogP contribution in [0.3, 0.4) is 0 Å². The third-order valence-electron chi connectivity index (χ3n) is 6.18. The van der Waals surface area contributed by atoms with Gasteiger partial charge in [-0.15, -0.1) is 11.3 Å². The van der Waals surface area contributed by atoms with Crippen LogP contribution in [0.2, 0.25) is 0 Å². The van der Waals surface area contributed by atoms with E-state index in [1.807, 2.05) is 12.1 Å². The first-order valence-electron chi connectivity index (χ1n) is 10.8. The number of sulfonamides is 1. The van der Waals surface area contributed by atoms with Crippen molar-refractivity contribution in [1.29, 1.82) is 0 Å². The largest absolute Gasteiger partial charge is 0.465 e. The van der Waals surface area contributed by atoms with Crippen LogP contribution < -0.4 is 4.72 Å². The maximum absolute atomic E-state index is 13.2. The van der Waals surface area contributed by atoms with Crippen molar-refractivity contribution in [1.82, 2.24) is 14.6 Å². The van der Waals surface area contributed by atoms with Crippen LogP contribution in [0.5, 0.6) is 0 Å². The Kier molecular flexibility index (Phi) is 7.05. The van der Waals surface area contributed by atoms with Gasteiger partial charge in [-0.25, -0.2) is 17.9 Å². The highest BCUT2D eigenvalue weighted by molar-refractivity contribution is 7.91. The van der Waals surface area contributed by atoms with E-state index in [4.69, 9.17) is 4.74 Å². The lowest BCUT2D eigenvalue weighted by Crippen LogP contribution is -2.31. The van der Waals surface area contributed by atoms with E-state index >= 15 is 0 Å². The minimum absolute atomic E-state index is 0.103. The minimum Gasteiger partial charge on any atom is -0.465 e. The van der Waals surface area contributed by atoms with Crippen LogP contribution in [0.4, 0.5) is 0 Å². The molecule has 0 amide bonds. The second-order valence-corrected chi connectivity index (χ2v) is 11.4. The smallest absolute Gasteiger partial charge is 0.340 e. The number of ether oxygens (including phenoxy) is 1. The maximum Gasteiger partial charge on any atom is 0.340 e. The van der Waals surface area contributed by atoms with E-state index in [1.54, 1.807) is 12.4 Å². The molecule has 7 nitrogen and oxygen atoms in total. The van der Waals surface area contributed by atoms with Gasteiger partial charge in [0.2, 0.25) is 0 Å². The molecule has 1 aliphatic carbocycles. The zero-order valence-electron chi connectivity index (χ0n) is 17.8. The Balaban J connectivity index is 1.56. The van der Waals surface area contributed by atoms with Gasteiger partial charge in [0.05, 0.1) is 12.7 Å². The van der Waals surface area contributed by atoms with Crippen molar-refractivity contribution >= 4 is 27.3 Å². The Morgan fingerprint density at radius 1 is 1.26 bits per heavy atom. The molecule has 1 aliphatic heterocycles. The molecular weight excluding hydrogens is 434 g/mol. The molecule has 1 saturated carbocycles. The van der Waals surface area contributed by atoms with Crippen LogP contribution in [0.25, 0.3) is 0 Å². The van der Waals surface area contributed by atoms with Gasteiger partial charge in [0.25, 0.3) is 10.0 Å². The third kappa shape index (κ3) is 5.16. The van der Waals surface area contributed by atoms with Crippen LogP contribution >= 0.6 is 11.3 Å². The average molecular weight is 464 g/mol. The van der Waals surface area contributed by atoms with E-state index in [0.29, 0.717) is 25.4 Å². The maximum atomic E-state index is 13.2. The summed E-state index contributed by atoms with van der Waals surface area (Å²) in [7, 11) is -2.47. The number of carbonyl (C=O) groups is 1. The molecular formula is C22H29N3O4S2. The summed E-state index contributed by atoms with van der Waals surface area (Å²) in [6.07, 6.45) is 9.81. The van der Waals surface area contributed by atoms with Gasteiger partial charge in [-0.05, 0) is 48.4 Å². The highest BCUT2D eigenvalue weighted by Crippen LogP contribution is 2.37. The van der Waals surface area contributed by atoms with Gasteiger partial charge >= 0.3 is 5.97 Å². The Morgan fingerprint density at radius 3 is 2.71 bits per heavy atom. The van der Waals surface area contributed by atoms with Gasteiger partial charge in [-0.2, -0.15) is 0 Å². The van der Waals surface area contributed by atoms with Gasteiger partial charge in [0, 0.05) is 43.4 Å². The first-order valence-corrected chi connectivity index (χ1v) is 13.1. The number of esters is 1. The molecule has 1 N–H and O–H groups in total. The molecule has 1 fully saturated rings. The molecule has 2 aromatic heterocycles. The predicted molar refractivity (Wildman–Crippen MR) is 119 cm³/mol. The molecule has 0 aromatic carbocycles. The molecule has 3 heterocycles. The Labute approximate surface area is 187 Å². The van der Waals surface area contributed by atoms with Crippen molar-refractivity contribution in [2.75, 3.05) is 20.2 Å². The molecule has 0 unspecified atom stereocenters. The van der Waals surface area contributed by atoms with Crippen molar-refractivity contribution in [3.63, 3.8) is 0 Å². The van der Waals surface area contributed by atoms with Crippen LogP contribution in [0.1, 0.15) is 58.5 Å².